The summed E-state index contributed by atoms with van der Waals surface area (Å²) in [4.78, 5) is 12.2. The van der Waals surface area contributed by atoms with E-state index in [2.05, 4.69) is 26.0 Å². The molecule has 2 rings (SSSR count). The van der Waals surface area contributed by atoms with Gasteiger partial charge in [-0.25, -0.2) is 0 Å². The van der Waals surface area contributed by atoms with Crippen molar-refractivity contribution >= 4 is 5.78 Å². The maximum Gasteiger partial charge on any atom is 0.157 e. The molecule has 0 saturated heterocycles. The molecule has 2 aromatic carbocycles. The topological polar surface area (TPSA) is 65.0 Å². The summed E-state index contributed by atoms with van der Waals surface area (Å²) >= 11 is 0. The molecular weight excluding hydrogens is 464 g/mol. The molecule has 37 heavy (non-hydrogen) atoms. The summed E-state index contributed by atoms with van der Waals surface area (Å²) in [6.45, 7) is 5.92. The molecule has 0 spiro atoms. The molecule has 0 aliphatic heterocycles. The van der Waals surface area contributed by atoms with E-state index in [0.717, 1.165) is 37.7 Å². The Labute approximate surface area is 223 Å². The van der Waals surface area contributed by atoms with Crippen molar-refractivity contribution in [3.63, 3.8) is 0 Å². The van der Waals surface area contributed by atoms with Crippen LogP contribution in [0.2, 0.25) is 0 Å². The summed E-state index contributed by atoms with van der Waals surface area (Å²) in [5.74, 6) is 0.324. The fourth-order valence-corrected chi connectivity index (χ4v) is 4.32. The van der Waals surface area contributed by atoms with E-state index in [1.807, 2.05) is 54.6 Å². The van der Waals surface area contributed by atoms with E-state index in [1.165, 1.54) is 5.56 Å². The highest BCUT2D eigenvalue weighted by Gasteiger charge is 2.19. The molecule has 0 heterocycles. The normalized spacial score (nSPS) is 14.9. The Morgan fingerprint density at radius 1 is 0.919 bits per heavy atom. The molecule has 0 aliphatic rings. The minimum Gasteiger partial charge on any atom is -0.393 e. The molecule has 5 heteroatoms. The number of methoxy groups -OCH3 is 1. The van der Waals surface area contributed by atoms with Crippen LogP contribution in [0.5, 0.6) is 0 Å². The van der Waals surface area contributed by atoms with Crippen LogP contribution in [0.1, 0.15) is 69.9 Å². The van der Waals surface area contributed by atoms with Gasteiger partial charge in [0.2, 0.25) is 0 Å². The zero-order chi connectivity index (χ0) is 26.7. The molecule has 0 amide bonds. The van der Waals surface area contributed by atoms with E-state index >= 15 is 0 Å². The third-order valence-electron chi connectivity index (χ3n) is 6.45. The Kier molecular flexibility index (Phi) is 15.8. The highest BCUT2D eigenvalue weighted by atomic mass is 16.5. The van der Waals surface area contributed by atoms with Crippen LogP contribution in [0.4, 0.5) is 0 Å². The number of ether oxygens (including phenoxy) is 3. The molecule has 0 aliphatic carbocycles. The van der Waals surface area contributed by atoms with Gasteiger partial charge in [-0.05, 0) is 55.2 Å². The lowest BCUT2D eigenvalue weighted by atomic mass is 9.95. The number of hydrogen-bond donors (Lipinski definition) is 1. The predicted molar refractivity (Wildman–Crippen MR) is 149 cm³/mol. The largest absolute Gasteiger partial charge is 0.393 e. The zero-order valence-electron chi connectivity index (χ0n) is 22.9. The first-order valence-electron chi connectivity index (χ1n) is 13.7. The Balaban J connectivity index is 1.65. The minimum absolute atomic E-state index is 0.0524. The highest BCUT2D eigenvalue weighted by molar-refractivity contribution is 5.89. The van der Waals surface area contributed by atoms with Gasteiger partial charge in [0.25, 0.3) is 0 Å². The van der Waals surface area contributed by atoms with Gasteiger partial charge in [0, 0.05) is 20.1 Å². The Bertz CT molecular complexity index is 867. The monoisotopic (exact) mass is 510 g/mol. The van der Waals surface area contributed by atoms with Crippen LogP contribution in [0.15, 0.2) is 72.8 Å². The standard InChI is InChI=1S/C32H46O5/c1-4-12-31(37-25-28-16-9-6-10-17-28)23-32(35-3)21-26(2)13-11-18-29(33)22-30(34)19-20-36-24-27-14-7-5-8-15-27/h5-11,14-18,26,30-32,34H,4,12-13,19-25H2,1-3H3/b18-11+/t26-,30+,31+,32+/m1/s1. The van der Waals surface area contributed by atoms with Crippen molar-refractivity contribution in [3.8, 4) is 0 Å². The molecule has 0 fully saturated rings. The Hall–Kier alpha value is -2.31. The molecular formula is C32H46O5. The SMILES string of the molecule is CCC[C@@H](C[C@H](C[C@H](C)C/C=C/C(=O)C[C@@H](O)CCOCc1ccccc1)OC)OCc1ccccc1. The van der Waals surface area contributed by atoms with Gasteiger partial charge >= 0.3 is 0 Å². The average molecular weight is 511 g/mol. The summed E-state index contributed by atoms with van der Waals surface area (Å²) in [6, 6.07) is 20.2. The summed E-state index contributed by atoms with van der Waals surface area (Å²) < 4.78 is 17.6. The van der Waals surface area contributed by atoms with Crippen molar-refractivity contribution in [1.82, 2.24) is 0 Å². The summed E-state index contributed by atoms with van der Waals surface area (Å²) in [6.07, 6.45) is 8.34. The number of ketones is 1. The second kappa shape index (κ2) is 18.9. The van der Waals surface area contributed by atoms with E-state index in [1.54, 1.807) is 13.2 Å². The minimum atomic E-state index is -0.686. The van der Waals surface area contributed by atoms with Crippen molar-refractivity contribution in [2.24, 2.45) is 5.92 Å². The van der Waals surface area contributed by atoms with Crippen LogP contribution in [0.3, 0.4) is 0 Å². The van der Waals surface area contributed by atoms with Gasteiger partial charge in [0.05, 0.1) is 31.5 Å². The molecule has 0 saturated carbocycles. The average Bonchev–Trinajstić information content (AvgIpc) is 2.90. The highest BCUT2D eigenvalue weighted by Crippen LogP contribution is 2.21. The van der Waals surface area contributed by atoms with Crippen molar-refractivity contribution < 1.29 is 24.1 Å². The molecule has 1 N–H and O–H groups in total. The third-order valence-corrected chi connectivity index (χ3v) is 6.45. The maximum absolute atomic E-state index is 12.2. The molecule has 2 aromatic rings. The summed E-state index contributed by atoms with van der Waals surface area (Å²) in [5.41, 5.74) is 2.28. The van der Waals surface area contributed by atoms with E-state index in [4.69, 9.17) is 14.2 Å². The molecule has 0 aromatic heterocycles. The number of allylic oxidation sites excluding steroid dienone is 2. The molecule has 0 unspecified atom stereocenters. The zero-order valence-corrected chi connectivity index (χ0v) is 22.9. The number of benzene rings is 2. The quantitative estimate of drug-likeness (QED) is 0.159. The van der Waals surface area contributed by atoms with Gasteiger partial charge in [-0.3, -0.25) is 4.79 Å². The van der Waals surface area contributed by atoms with Crippen molar-refractivity contribution in [3.05, 3.63) is 83.9 Å². The number of aliphatic hydroxyl groups is 1. The smallest absolute Gasteiger partial charge is 0.157 e. The molecule has 0 radical (unpaired) electrons. The molecule has 0 bridgehead atoms. The van der Waals surface area contributed by atoms with Crippen LogP contribution in [-0.2, 0) is 32.2 Å². The van der Waals surface area contributed by atoms with Crippen LogP contribution in [0.25, 0.3) is 0 Å². The van der Waals surface area contributed by atoms with Gasteiger partial charge in [-0.15, -0.1) is 0 Å². The summed E-state index contributed by atoms with van der Waals surface area (Å²) in [7, 11) is 1.77. The third kappa shape index (κ3) is 14.3. The van der Waals surface area contributed by atoms with Crippen LogP contribution >= 0.6 is 0 Å². The van der Waals surface area contributed by atoms with Crippen LogP contribution in [0, 0.1) is 5.92 Å². The number of carbonyl (C=O) groups is 1. The number of aliphatic hydroxyl groups excluding tert-OH is 1. The lowest BCUT2D eigenvalue weighted by molar-refractivity contribution is -0.116. The first-order valence-corrected chi connectivity index (χ1v) is 13.7. The van der Waals surface area contributed by atoms with E-state index < -0.39 is 6.10 Å². The van der Waals surface area contributed by atoms with Gasteiger partial charge in [0.15, 0.2) is 5.78 Å². The van der Waals surface area contributed by atoms with Gasteiger partial charge in [-0.2, -0.15) is 0 Å². The first kappa shape index (κ1) is 30.9. The van der Waals surface area contributed by atoms with Crippen molar-refractivity contribution in [2.75, 3.05) is 13.7 Å². The number of rotatable bonds is 20. The van der Waals surface area contributed by atoms with Crippen molar-refractivity contribution in [1.29, 1.82) is 0 Å². The lowest BCUT2D eigenvalue weighted by Crippen LogP contribution is -2.24. The second-order valence-electron chi connectivity index (χ2n) is 9.93. The van der Waals surface area contributed by atoms with E-state index in [-0.39, 0.29) is 24.4 Å². The predicted octanol–water partition coefficient (Wildman–Crippen LogP) is 6.68. The Morgan fingerprint density at radius 3 is 2.19 bits per heavy atom. The van der Waals surface area contributed by atoms with Crippen LogP contribution < -0.4 is 0 Å². The first-order chi connectivity index (χ1) is 18.0. The fourth-order valence-electron chi connectivity index (χ4n) is 4.32. The van der Waals surface area contributed by atoms with Gasteiger partial charge in [-0.1, -0.05) is 87.0 Å². The number of carbonyl (C=O) groups excluding carboxylic acids is 1. The van der Waals surface area contributed by atoms with E-state index in [0.29, 0.717) is 32.2 Å². The van der Waals surface area contributed by atoms with Crippen molar-refractivity contribution in [2.45, 2.75) is 90.3 Å². The van der Waals surface area contributed by atoms with Crippen LogP contribution in [-0.4, -0.2) is 42.9 Å². The number of hydrogen-bond acceptors (Lipinski definition) is 5. The van der Waals surface area contributed by atoms with Gasteiger partial charge in [0.1, 0.15) is 0 Å². The van der Waals surface area contributed by atoms with E-state index in [9.17, 15) is 9.90 Å². The molecule has 4 atom stereocenters. The summed E-state index contributed by atoms with van der Waals surface area (Å²) in [5, 5.41) is 10.2. The Morgan fingerprint density at radius 2 is 1.57 bits per heavy atom. The van der Waals surface area contributed by atoms with Gasteiger partial charge < -0.3 is 19.3 Å². The fraction of sp³-hybridized carbons (Fsp3) is 0.531. The second-order valence-corrected chi connectivity index (χ2v) is 9.93. The molecule has 204 valence electrons. The lowest BCUT2D eigenvalue weighted by Gasteiger charge is -2.25. The maximum atomic E-state index is 12.2. The molecule has 5 nitrogen and oxygen atoms in total.